The third-order valence-electron chi connectivity index (χ3n) is 8.52. The number of hydrogen-bond donors (Lipinski definition) is 9. The van der Waals surface area contributed by atoms with Gasteiger partial charge in [-0.3, -0.25) is 29.2 Å². The van der Waals surface area contributed by atoms with Crippen LogP contribution in [0.2, 0.25) is 0 Å². The largest absolute Gasteiger partial charge is 0.480 e. The zero-order chi connectivity index (χ0) is 38.0. The van der Waals surface area contributed by atoms with Gasteiger partial charge in [0.2, 0.25) is 23.6 Å². The molecular weight excluding hydrogens is 670 g/mol. The molecule has 5 atom stereocenters. The molecule has 0 radical (unpaired) electrons. The number of nitrogens with zero attached hydrogens (tertiary/aromatic N) is 3. The van der Waals surface area contributed by atoms with Crippen molar-refractivity contribution in [3.8, 4) is 0 Å². The van der Waals surface area contributed by atoms with E-state index in [2.05, 4.69) is 25.9 Å². The summed E-state index contributed by atoms with van der Waals surface area (Å²) in [6.07, 6.45) is 2.09. The maximum absolute atomic E-state index is 14.0. The maximum Gasteiger partial charge on any atom is 0.326 e. The Bertz CT molecular complexity index is 1550. The second-order valence-electron chi connectivity index (χ2n) is 12.6. The minimum Gasteiger partial charge on any atom is -0.480 e. The summed E-state index contributed by atoms with van der Waals surface area (Å²) in [5, 5.41) is 18.0. The number of aliphatic imine (C=N–C) groups is 2. The molecule has 2 aromatic rings. The monoisotopic (exact) mass is 721 g/mol. The number of benzene rings is 2. The minimum atomic E-state index is -1.25. The molecule has 282 valence electrons. The lowest BCUT2D eigenvalue weighted by atomic mass is 10.0. The van der Waals surface area contributed by atoms with Gasteiger partial charge in [0.05, 0.1) is 6.04 Å². The van der Waals surface area contributed by atoms with Crippen molar-refractivity contribution < 1.29 is 29.1 Å². The molecule has 1 fully saturated rings. The molecule has 17 nitrogen and oxygen atoms in total. The minimum absolute atomic E-state index is 0.0367. The molecule has 1 saturated heterocycles. The molecular formula is C35H51N11O6. The molecule has 17 heteroatoms. The van der Waals surface area contributed by atoms with Crippen LogP contribution in [0.3, 0.4) is 0 Å². The number of carboxylic acids is 1. The van der Waals surface area contributed by atoms with Crippen molar-refractivity contribution in [2.24, 2.45) is 38.7 Å². The highest BCUT2D eigenvalue weighted by molar-refractivity contribution is 5.96. The highest BCUT2D eigenvalue weighted by Crippen LogP contribution is 2.21. The Kier molecular flexibility index (Phi) is 16.3. The van der Waals surface area contributed by atoms with E-state index in [9.17, 15) is 29.1 Å². The summed E-state index contributed by atoms with van der Waals surface area (Å²) in [6.45, 7) is 0.714. The van der Waals surface area contributed by atoms with E-state index in [1.165, 1.54) is 4.90 Å². The maximum atomic E-state index is 14.0. The lowest BCUT2D eigenvalue weighted by Crippen LogP contribution is -2.58. The summed E-state index contributed by atoms with van der Waals surface area (Å²) in [4.78, 5) is 76.0. The van der Waals surface area contributed by atoms with Crippen LogP contribution in [0.25, 0.3) is 0 Å². The van der Waals surface area contributed by atoms with Crippen LogP contribution in [0, 0.1) is 0 Å². The molecule has 1 aliphatic heterocycles. The van der Waals surface area contributed by atoms with Crippen LogP contribution in [-0.4, -0.2) is 101 Å². The first-order valence-electron chi connectivity index (χ1n) is 17.2. The fourth-order valence-electron chi connectivity index (χ4n) is 5.84. The second-order valence-corrected chi connectivity index (χ2v) is 12.6. The van der Waals surface area contributed by atoms with Crippen LogP contribution in [0.1, 0.15) is 49.7 Å². The first-order valence-corrected chi connectivity index (χ1v) is 17.2. The van der Waals surface area contributed by atoms with Crippen LogP contribution < -0.4 is 44.6 Å². The Morgan fingerprint density at radius 1 is 0.731 bits per heavy atom. The van der Waals surface area contributed by atoms with Crippen molar-refractivity contribution in [3.63, 3.8) is 0 Å². The average Bonchev–Trinajstić information content (AvgIpc) is 3.61. The molecule has 2 aromatic carbocycles. The predicted molar refractivity (Wildman–Crippen MR) is 196 cm³/mol. The lowest BCUT2D eigenvalue weighted by molar-refractivity contribution is -0.143. The fraction of sp³-hybridized carbons (Fsp3) is 0.457. The van der Waals surface area contributed by atoms with Crippen molar-refractivity contribution in [1.29, 1.82) is 0 Å². The van der Waals surface area contributed by atoms with E-state index < -0.39 is 59.8 Å². The molecule has 0 bridgehead atoms. The number of aliphatic carboxylic acids is 1. The highest BCUT2D eigenvalue weighted by atomic mass is 16.4. The SMILES string of the molecule is NC(N)=NCCC[C@@H](N)C(=O)N[C@H](CCCN=C(N)N)C(=O)N1CCC[C@@H]1C(=O)N[C@H](Cc1ccccc1)C(=O)N[C@H](Cc1ccccc1)C(=O)O. The van der Waals surface area contributed by atoms with Gasteiger partial charge in [-0.2, -0.15) is 0 Å². The Balaban J connectivity index is 1.77. The molecule has 52 heavy (non-hydrogen) atoms. The molecule has 0 saturated carbocycles. The molecule has 4 amide bonds. The number of carbonyl (C=O) groups is 5. The van der Waals surface area contributed by atoms with E-state index in [4.69, 9.17) is 28.7 Å². The fourth-order valence-corrected chi connectivity index (χ4v) is 5.84. The number of hydrogen-bond acceptors (Lipinski definition) is 8. The number of likely N-dealkylation sites (tertiary alicyclic amines) is 1. The smallest absolute Gasteiger partial charge is 0.326 e. The van der Waals surface area contributed by atoms with Crippen molar-refractivity contribution in [3.05, 3.63) is 71.8 Å². The summed E-state index contributed by atoms with van der Waals surface area (Å²) in [6, 6.07) is 12.5. The molecule has 14 N–H and O–H groups in total. The van der Waals surface area contributed by atoms with Crippen molar-refractivity contribution >= 4 is 41.5 Å². The molecule has 0 aliphatic carbocycles. The van der Waals surface area contributed by atoms with E-state index >= 15 is 0 Å². The van der Waals surface area contributed by atoms with Gasteiger partial charge >= 0.3 is 5.97 Å². The molecule has 3 rings (SSSR count). The quantitative estimate of drug-likeness (QED) is 0.0428. The van der Waals surface area contributed by atoms with Crippen molar-refractivity contribution in [2.45, 2.75) is 81.6 Å². The van der Waals surface area contributed by atoms with Crippen LogP contribution in [0.15, 0.2) is 70.6 Å². The number of nitrogens with two attached hydrogens (primary N) is 5. The van der Waals surface area contributed by atoms with E-state index in [-0.39, 0.29) is 57.2 Å². The summed E-state index contributed by atoms with van der Waals surface area (Å²) in [5.41, 5.74) is 29.1. The van der Waals surface area contributed by atoms with Crippen LogP contribution >= 0.6 is 0 Å². The number of carbonyl (C=O) groups excluding carboxylic acids is 4. The second kappa shape index (κ2) is 20.8. The molecule has 1 heterocycles. The van der Waals surface area contributed by atoms with Gasteiger partial charge in [0.1, 0.15) is 24.2 Å². The Hall–Kier alpha value is -5.71. The first kappa shape index (κ1) is 40.7. The Labute approximate surface area is 302 Å². The van der Waals surface area contributed by atoms with Gasteiger partial charge in [0, 0.05) is 32.5 Å². The first-order chi connectivity index (χ1) is 24.8. The van der Waals surface area contributed by atoms with Gasteiger partial charge in [0.15, 0.2) is 11.9 Å². The standard InChI is InChI=1S/C35H51N11O6/c36-24(14-7-17-41-34(37)38)29(47)43-25(15-8-18-42-35(39)40)32(50)46-19-9-16-28(46)31(49)44-26(20-22-10-3-1-4-11-22)30(48)45-27(33(51)52)21-23-12-5-2-6-13-23/h1-6,10-13,24-28H,7-9,14-21,36H2,(H,43,47)(H,44,49)(H,45,48)(H,51,52)(H4,37,38,41)(H4,39,40,42)/t24-,25-,26-,27-,28-/m1/s1. The van der Waals surface area contributed by atoms with E-state index in [1.54, 1.807) is 54.6 Å². The molecule has 0 spiro atoms. The number of amides is 4. The van der Waals surface area contributed by atoms with Gasteiger partial charge in [-0.25, -0.2) is 4.79 Å². The van der Waals surface area contributed by atoms with E-state index in [1.807, 2.05) is 6.07 Å². The van der Waals surface area contributed by atoms with Crippen molar-refractivity contribution in [1.82, 2.24) is 20.9 Å². The van der Waals surface area contributed by atoms with Gasteiger partial charge in [-0.15, -0.1) is 0 Å². The van der Waals surface area contributed by atoms with Gasteiger partial charge in [-0.1, -0.05) is 60.7 Å². The Morgan fingerprint density at radius 2 is 1.25 bits per heavy atom. The summed E-state index contributed by atoms with van der Waals surface area (Å²) < 4.78 is 0. The number of guanidine groups is 2. The third-order valence-corrected chi connectivity index (χ3v) is 8.52. The van der Waals surface area contributed by atoms with E-state index in [0.29, 0.717) is 31.2 Å². The van der Waals surface area contributed by atoms with Gasteiger partial charge in [-0.05, 0) is 49.7 Å². The van der Waals surface area contributed by atoms with Crippen molar-refractivity contribution in [2.75, 3.05) is 19.6 Å². The number of nitrogens with one attached hydrogen (secondary N) is 3. The zero-order valence-corrected chi connectivity index (χ0v) is 29.2. The summed E-state index contributed by atoms with van der Waals surface area (Å²) in [5.74, 6) is -3.75. The normalized spacial score (nSPS) is 16.0. The predicted octanol–water partition coefficient (Wildman–Crippen LogP) is -1.56. The topological polar surface area (TPSA) is 300 Å². The van der Waals surface area contributed by atoms with Crippen LogP contribution in [-0.2, 0) is 36.8 Å². The average molecular weight is 722 g/mol. The third kappa shape index (κ3) is 13.5. The number of rotatable bonds is 20. The zero-order valence-electron chi connectivity index (χ0n) is 29.2. The Morgan fingerprint density at radius 3 is 1.79 bits per heavy atom. The highest BCUT2D eigenvalue weighted by Gasteiger charge is 2.39. The molecule has 0 aromatic heterocycles. The summed E-state index contributed by atoms with van der Waals surface area (Å²) in [7, 11) is 0. The van der Waals surface area contributed by atoms with Gasteiger partial charge in [0.25, 0.3) is 0 Å². The van der Waals surface area contributed by atoms with Gasteiger partial charge < -0.3 is 54.6 Å². The van der Waals surface area contributed by atoms with Crippen LogP contribution in [0.4, 0.5) is 0 Å². The molecule has 1 aliphatic rings. The van der Waals surface area contributed by atoms with E-state index in [0.717, 1.165) is 5.56 Å². The summed E-state index contributed by atoms with van der Waals surface area (Å²) >= 11 is 0. The van der Waals surface area contributed by atoms with Crippen LogP contribution in [0.5, 0.6) is 0 Å². The number of carboxylic acid groups (broad SMARTS) is 1. The molecule has 0 unspecified atom stereocenters. The lowest BCUT2D eigenvalue weighted by Gasteiger charge is -2.30.